The number of anilines is 2. The lowest BCUT2D eigenvalue weighted by molar-refractivity contribution is -0.122. The Balaban J connectivity index is 1.75. The van der Waals surface area contributed by atoms with Crippen molar-refractivity contribution in [2.45, 2.75) is 26.3 Å². The number of esters is 1. The quantitative estimate of drug-likeness (QED) is 0.842. The van der Waals surface area contributed by atoms with Crippen molar-refractivity contribution in [2.75, 3.05) is 16.8 Å². The van der Waals surface area contributed by atoms with E-state index in [-0.39, 0.29) is 24.1 Å². The summed E-state index contributed by atoms with van der Waals surface area (Å²) in [5, 5.41) is 2.77. The van der Waals surface area contributed by atoms with E-state index < -0.39 is 18.5 Å². The van der Waals surface area contributed by atoms with E-state index in [0.29, 0.717) is 17.1 Å². The van der Waals surface area contributed by atoms with Gasteiger partial charge >= 0.3 is 5.97 Å². The third kappa shape index (κ3) is 3.69. The molecule has 1 aliphatic rings. The number of carbonyl (C=O) groups excluding carboxylic acids is 3. The Morgan fingerprint density at radius 1 is 1.27 bits per heavy atom. The maximum atomic E-state index is 12.7. The SMILES string of the molecule is Cc1cnc(C(=O)OCC(=O)N2c3ccccc3NC(=O)C[C@@H]2C)cn1. The smallest absolute Gasteiger partial charge is 0.359 e. The molecule has 0 aliphatic carbocycles. The minimum Gasteiger partial charge on any atom is -0.451 e. The number of nitrogens with one attached hydrogen (secondary N) is 1. The molecule has 1 aromatic carbocycles. The average Bonchev–Trinajstić information content (AvgIpc) is 2.74. The van der Waals surface area contributed by atoms with Crippen molar-refractivity contribution < 1.29 is 19.1 Å². The number of amides is 2. The van der Waals surface area contributed by atoms with E-state index in [1.165, 1.54) is 17.3 Å². The number of hydrogen-bond donors (Lipinski definition) is 1. The number of para-hydroxylation sites is 2. The summed E-state index contributed by atoms with van der Waals surface area (Å²) in [6.45, 7) is 3.06. The van der Waals surface area contributed by atoms with Crippen LogP contribution in [0.4, 0.5) is 11.4 Å². The van der Waals surface area contributed by atoms with Crippen molar-refractivity contribution in [1.29, 1.82) is 0 Å². The third-order valence-electron chi connectivity index (χ3n) is 3.94. The first-order chi connectivity index (χ1) is 12.5. The third-order valence-corrected chi connectivity index (χ3v) is 3.94. The second kappa shape index (κ2) is 7.30. The molecule has 3 rings (SSSR count). The fourth-order valence-corrected chi connectivity index (χ4v) is 2.74. The van der Waals surface area contributed by atoms with E-state index in [0.717, 1.165) is 0 Å². The molecule has 0 saturated carbocycles. The molecule has 2 aromatic rings. The van der Waals surface area contributed by atoms with Crippen molar-refractivity contribution in [3.63, 3.8) is 0 Å². The number of benzene rings is 1. The van der Waals surface area contributed by atoms with E-state index in [1.807, 2.05) is 0 Å². The van der Waals surface area contributed by atoms with E-state index in [4.69, 9.17) is 4.74 Å². The Hall–Kier alpha value is -3.29. The minimum atomic E-state index is -0.726. The van der Waals surface area contributed by atoms with E-state index in [9.17, 15) is 14.4 Å². The first-order valence-corrected chi connectivity index (χ1v) is 8.12. The van der Waals surface area contributed by atoms with Crippen molar-refractivity contribution in [1.82, 2.24) is 9.97 Å². The van der Waals surface area contributed by atoms with Crippen LogP contribution in [0.15, 0.2) is 36.7 Å². The van der Waals surface area contributed by atoms with Crippen LogP contribution in [0.1, 0.15) is 29.5 Å². The molecule has 8 heteroatoms. The molecule has 0 unspecified atom stereocenters. The van der Waals surface area contributed by atoms with Crippen molar-refractivity contribution in [3.8, 4) is 0 Å². The summed E-state index contributed by atoms with van der Waals surface area (Å²) in [6, 6.07) is 6.64. The zero-order chi connectivity index (χ0) is 18.7. The molecular weight excluding hydrogens is 336 g/mol. The zero-order valence-electron chi connectivity index (χ0n) is 14.4. The summed E-state index contributed by atoms with van der Waals surface area (Å²) < 4.78 is 5.08. The van der Waals surface area contributed by atoms with Gasteiger partial charge in [0.15, 0.2) is 12.3 Å². The van der Waals surface area contributed by atoms with Gasteiger partial charge in [-0.25, -0.2) is 9.78 Å². The molecule has 2 amide bonds. The number of hydrogen-bond acceptors (Lipinski definition) is 6. The molecule has 134 valence electrons. The zero-order valence-corrected chi connectivity index (χ0v) is 14.4. The Morgan fingerprint density at radius 2 is 2.04 bits per heavy atom. The molecule has 1 N–H and O–H groups in total. The fraction of sp³-hybridized carbons (Fsp3) is 0.278. The van der Waals surface area contributed by atoms with Gasteiger partial charge in [0.1, 0.15) is 0 Å². The van der Waals surface area contributed by atoms with Crippen LogP contribution in [0.5, 0.6) is 0 Å². The highest BCUT2D eigenvalue weighted by atomic mass is 16.5. The number of aromatic nitrogens is 2. The first kappa shape index (κ1) is 17.5. The summed E-state index contributed by atoms with van der Waals surface area (Å²) in [7, 11) is 0. The van der Waals surface area contributed by atoms with Crippen LogP contribution in [-0.2, 0) is 14.3 Å². The van der Waals surface area contributed by atoms with Gasteiger partial charge in [0.25, 0.3) is 5.91 Å². The molecule has 0 saturated heterocycles. The van der Waals surface area contributed by atoms with Crippen LogP contribution in [-0.4, -0.2) is 40.4 Å². The second-order valence-electron chi connectivity index (χ2n) is 6.00. The van der Waals surface area contributed by atoms with Crippen molar-refractivity contribution in [2.24, 2.45) is 0 Å². The van der Waals surface area contributed by atoms with E-state index in [1.54, 1.807) is 38.1 Å². The van der Waals surface area contributed by atoms with Gasteiger partial charge in [0, 0.05) is 18.7 Å². The molecule has 0 radical (unpaired) electrons. The van der Waals surface area contributed by atoms with Gasteiger partial charge in [-0.1, -0.05) is 12.1 Å². The number of ether oxygens (including phenoxy) is 1. The summed E-state index contributed by atoms with van der Waals surface area (Å²) in [5.41, 5.74) is 1.82. The Labute approximate surface area is 150 Å². The topological polar surface area (TPSA) is 101 Å². The van der Waals surface area contributed by atoms with Crippen LogP contribution >= 0.6 is 0 Å². The lowest BCUT2D eigenvalue weighted by Crippen LogP contribution is -2.41. The molecular formula is C18H18N4O4. The van der Waals surface area contributed by atoms with Gasteiger partial charge in [-0.2, -0.15) is 0 Å². The van der Waals surface area contributed by atoms with E-state index >= 15 is 0 Å². The molecule has 26 heavy (non-hydrogen) atoms. The van der Waals surface area contributed by atoms with Gasteiger partial charge < -0.3 is 15.0 Å². The Morgan fingerprint density at radius 3 is 2.77 bits per heavy atom. The van der Waals surface area contributed by atoms with Crippen molar-refractivity contribution in [3.05, 3.63) is 48.0 Å². The van der Waals surface area contributed by atoms with Gasteiger partial charge in [0.2, 0.25) is 5.91 Å². The predicted molar refractivity (Wildman–Crippen MR) is 93.7 cm³/mol. The number of fused-ring (bicyclic) bond motifs is 1. The fourth-order valence-electron chi connectivity index (χ4n) is 2.74. The molecule has 1 aliphatic heterocycles. The predicted octanol–water partition coefficient (Wildman–Crippen LogP) is 1.71. The molecule has 0 bridgehead atoms. The van der Waals surface area contributed by atoms with Crippen LogP contribution in [0, 0.1) is 6.92 Å². The normalized spacial score (nSPS) is 16.3. The standard InChI is InChI=1S/C18H18N4O4/c1-11-8-20-14(9-19-11)18(25)26-10-17(24)22-12(2)7-16(23)21-13-5-3-4-6-15(13)22/h3-6,8-9,12H,7,10H2,1-2H3,(H,21,23)/t12-/m0/s1. The minimum absolute atomic E-state index is 0.0320. The Bertz CT molecular complexity index is 851. The lowest BCUT2D eigenvalue weighted by Gasteiger charge is -2.27. The lowest BCUT2D eigenvalue weighted by atomic mass is 10.1. The summed E-state index contributed by atoms with van der Waals surface area (Å²) in [6.07, 6.45) is 2.90. The molecule has 1 atom stereocenters. The monoisotopic (exact) mass is 354 g/mol. The molecule has 0 fully saturated rings. The van der Waals surface area contributed by atoms with Crippen LogP contribution in [0.25, 0.3) is 0 Å². The summed E-state index contributed by atoms with van der Waals surface area (Å²) in [4.78, 5) is 46.1. The molecule has 8 nitrogen and oxygen atoms in total. The maximum absolute atomic E-state index is 12.7. The highest BCUT2D eigenvalue weighted by Crippen LogP contribution is 2.31. The van der Waals surface area contributed by atoms with Crippen LogP contribution in [0.3, 0.4) is 0 Å². The maximum Gasteiger partial charge on any atom is 0.359 e. The first-order valence-electron chi connectivity index (χ1n) is 8.12. The number of nitrogens with zero attached hydrogens (tertiary/aromatic N) is 3. The van der Waals surface area contributed by atoms with Gasteiger partial charge in [-0.15, -0.1) is 0 Å². The summed E-state index contributed by atoms with van der Waals surface area (Å²) >= 11 is 0. The number of carbonyl (C=O) groups is 3. The van der Waals surface area contributed by atoms with Gasteiger partial charge in [-0.3, -0.25) is 14.6 Å². The second-order valence-corrected chi connectivity index (χ2v) is 6.00. The van der Waals surface area contributed by atoms with Gasteiger partial charge in [-0.05, 0) is 26.0 Å². The van der Waals surface area contributed by atoms with Crippen LogP contribution in [0.2, 0.25) is 0 Å². The highest BCUT2D eigenvalue weighted by Gasteiger charge is 2.30. The summed E-state index contributed by atoms with van der Waals surface area (Å²) in [5.74, 6) is -1.32. The Kier molecular flexibility index (Phi) is 4.92. The van der Waals surface area contributed by atoms with Crippen LogP contribution < -0.4 is 10.2 Å². The molecule has 1 aromatic heterocycles. The highest BCUT2D eigenvalue weighted by molar-refractivity contribution is 6.05. The largest absolute Gasteiger partial charge is 0.451 e. The van der Waals surface area contributed by atoms with Gasteiger partial charge in [0.05, 0.1) is 23.3 Å². The number of rotatable bonds is 3. The van der Waals surface area contributed by atoms with E-state index in [2.05, 4.69) is 15.3 Å². The number of aryl methyl sites for hydroxylation is 1. The van der Waals surface area contributed by atoms with Crippen molar-refractivity contribution >= 4 is 29.2 Å². The average molecular weight is 354 g/mol. The molecule has 0 spiro atoms. The molecule has 2 heterocycles.